The fourth-order valence-corrected chi connectivity index (χ4v) is 9.84. The van der Waals surface area contributed by atoms with E-state index >= 15 is 0 Å². The van der Waals surface area contributed by atoms with E-state index < -0.39 is 28.5 Å². The van der Waals surface area contributed by atoms with E-state index in [-0.39, 0.29) is 30.4 Å². The lowest BCUT2D eigenvalue weighted by Crippen LogP contribution is -2.64. The minimum absolute atomic E-state index is 0.0229. The van der Waals surface area contributed by atoms with Crippen molar-refractivity contribution in [2.75, 3.05) is 26.3 Å². The van der Waals surface area contributed by atoms with Crippen molar-refractivity contribution in [3.8, 4) is 0 Å². The Bertz CT molecular complexity index is 994. The maximum Gasteiger partial charge on any atom is 0.315 e. The van der Waals surface area contributed by atoms with Crippen molar-refractivity contribution in [2.45, 2.75) is 72.6 Å². The third-order valence-corrected chi connectivity index (χ3v) is 11.2. The topological polar surface area (TPSA) is 76.1 Å². The highest BCUT2D eigenvalue weighted by Gasteiger charge is 2.84. The molecule has 4 bridgehead atoms. The van der Waals surface area contributed by atoms with E-state index in [2.05, 4.69) is 52.2 Å². The van der Waals surface area contributed by atoms with Gasteiger partial charge in [0, 0.05) is 23.0 Å². The van der Waals surface area contributed by atoms with Crippen LogP contribution in [0.3, 0.4) is 0 Å². The minimum atomic E-state index is -1.22. The second-order valence-electron chi connectivity index (χ2n) is 13.3. The van der Waals surface area contributed by atoms with E-state index in [1.54, 1.807) is 0 Å². The number of allylic oxidation sites excluding steroid dienone is 1. The van der Waals surface area contributed by atoms with Crippen LogP contribution in [0.4, 0.5) is 0 Å². The predicted octanol–water partition coefficient (Wildman–Crippen LogP) is 5.36. The zero-order valence-corrected chi connectivity index (χ0v) is 23.8. The lowest BCUT2D eigenvalue weighted by atomic mass is 9.43. The summed E-state index contributed by atoms with van der Waals surface area (Å²) in [6.45, 7) is 16.6. The molecule has 0 aromatic carbocycles. The number of nitrogens with zero attached hydrogens (tertiary/aromatic N) is 1. The molecule has 3 unspecified atom stereocenters. The molecule has 9 atom stereocenters. The number of carbonyl (C=O) groups is 2. The number of halogens is 1. The highest BCUT2D eigenvalue weighted by Crippen LogP contribution is 2.82. The van der Waals surface area contributed by atoms with Crippen LogP contribution in [-0.2, 0) is 19.1 Å². The molecule has 4 fully saturated rings. The van der Waals surface area contributed by atoms with Crippen LogP contribution in [0.15, 0.2) is 23.3 Å². The molecule has 5 aliphatic rings. The van der Waals surface area contributed by atoms with Gasteiger partial charge >= 0.3 is 5.97 Å². The second-order valence-corrected chi connectivity index (χ2v) is 13.9. The summed E-state index contributed by atoms with van der Waals surface area (Å²) in [5.74, 6) is 0.581. The third-order valence-electron chi connectivity index (χ3n) is 11.1. The van der Waals surface area contributed by atoms with E-state index in [9.17, 15) is 14.7 Å². The van der Waals surface area contributed by atoms with E-state index in [4.69, 9.17) is 21.1 Å². The summed E-state index contributed by atoms with van der Waals surface area (Å²) >= 11 is 6.20. The lowest BCUT2D eigenvalue weighted by Gasteiger charge is -2.58. The van der Waals surface area contributed by atoms with Crippen molar-refractivity contribution in [2.24, 2.45) is 51.8 Å². The number of fused-ring (bicyclic) bond motifs is 2. The zero-order chi connectivity index (χ0) is 26.9. The number of morpholine rings is 1. The van der Waals surface area contributed by atoms with Crippen LogP contribution in [0.25, 0.3) is 0 Å². The first-order valence-electron chi connectivity index (χ1n) is 14.2. The van der Waals surface area contributed by atoms with Gasteiger partial charge in [-0.25, -0.2) is 0 Å². The summed E-state index contributed by atoms with van der Waals surface area (Å²) in [6, 6.07) is 0.216. The number of ether oxygens (including phenoxy) is 2. The van der Waals surface area contributed by atoms with E-state index in [1.165, 1.54) is 0 Å². The van der Waals surface area contributed by atoms with Crippen LogP contribution < -0.4 is 0 Å². The molecule has 3 saturated carbocycles. The Morgan fingerprint density at radius 3 is 2.65 bits per heavy atom. The molecule has 1 saturated heterocycles. The van der Waals surface area contributed by atoms with Crippen molar-refractivity contribution >= 4 is 23.9 Å². The Morgan fingerprint density at radius 2 is 2.05 bits per heavy atom. The van der Waals surface area contributed by atoms with Gasteiger partial charge in [-0.15, -0.1) is 0 Å². The molecule has 1 N–H and O–H groups in total. The third kappa shape index (κ3) is 3.61. The molecular weight excluding hydrogens is 490 g/mol. The van der Waals surface area contributed by atoms with Gasteiger partial charge in [-0.1, -0.05) is 70.9 Å². The van der Waals surface area contributed by atoms with Gasteiger partial charge in [0.05, 0.1) is 25.2 Å². The Balaban J connectivity index is 1.50. The summed E-state index contributed by atoms with van der Waals surface area (Å²) in [5.41, 5.74) is -1.79. The standard InChI is InChI=1S/C30H44ClNO5/c1-17(2)24-9-21-10-28(15-33)23-8-7-19(5)22(23)11-29(21,30(24,28)27(34)35)16-37-26-13-32(12-20(6)31)25(14-36-26)18(3)4/h9,15,17-19,21-23,25-26H,6-8,10-14,16H2,1-5H3,(H,34,35)/t19-,21?,22-,23-,25+,26+,28?,29?,30+/m1/s1. The molecule has 1 heterocycles. The summed E-state index contributed by atoms with van der Waals surface area (Å²) in [6.07, 6.45) is 6.22. The van der Waals surface area contributed by atoms with Gasteiger partial charge in [0.2, 0.25) is 0 Å². The first-order chi connectivity index (χ1) is 17.4. The van der Waals surface area contributed by atoms with Gasteiger partial charge in [0.15, 0.2) is 6.29 Å². The Hall–Kier alpha value is -1.21. The Kier molecular flexibility index (Phi) is 7.00. The van der Waals surface area contributed by atoms with Crippen molar-refractivity contribution in [3.63, 3.8) is 0 Å². The number of aliphatic carboxylic acids is 1. The Morgan fingerprint density at radius 1 is 1.32 bits per heavy atom. The van der Waals surface area contributed by atoms with Gasteiger partial charge in [-0.3, -0.25) is 9.69 Å². The van der Waals surface area contributed by atoms with Crippen molar-refractivity contribution < 1.29 is 24.2 Å². The fourth-order valence-electron chi connectivity index (χ4n) is 9.68. The summed E-state index contributed by atoms with van der Waals surface area (Å²) in [5, 5.41) is 11.7. The van der Waals surface area contributed by atoms with Crippen LogP contribution in [-0.4, -0.2) is 60.9 Å². The quantitative estimate of drug-likeness (QED) is 0.317. The first-order valence-corrected chi connectivity index (χ1v) is 14.6. The average Bonchev–Trinajstić information content (AvgIpc) is 3.39. The molecule has 7 heteroatoms. The molecule has 0 amide bonds. The molecule has 37 heavy (non-hydrogen) atoms. The number of carbonyl (C=O) groups excluding carboxylic acids is 1. The highest BCUT2D eigenvalue weighted by atomic mass is 35.5. The lowest BCUT2D eigenvalue weighted by molar-refractivity contribution is -0.230. The molecule has 0 spiro atoms. The van der Waals surface area contributed by atoms with Crippen LogP contribution in [0, 0.1) is 51.8 Å². The minimum Gasteiger partial charge on any atom is -0.481 e. The normalized spacial score (nSPS) is 44.8. The smallest absolute Gasteiger partial charge is 0.315 e. The molecule has 0 aromatic heterocycles. The van der Waals surface area contributed by atoms with Crippen LogP contribution >= 0.6 is 11.6 Å². The molecule has 1 aliphatic heterocycles. The largest absolute Gasteiger partial charge is 0.481 e. The van der Waals surface area contributed by atoms with E-state index in [1.807, 2.05) is 0 Å². The molecule has 5 rings (SSSR count). The molecule has 0 radical (unpaired) electrons. The van der Waals surface area contributed by atoms with Gasteiger partial charge in [-0.2, -0.15) is 0 Å². The fraction of sp³-hybridized carbons (Fsp3) is 0.800. The van der Waals surface area contributed by atoms with Crippen molar-refractivity contribution in [1.29, 1.82) is 0 Å². The number of hydrogen-bond donors (Lipinski definition) is 1. The first kappa shape index (κ1) is 27.4. The number of carboxylic acids is 1. The van der Waals surface area contributed by atoms with Gasteiger partial charge < -0.3 is 19.4 Å². The number of rotatable bonds is 9. The zero-order valence-electron chi connectivity index (χ0n) is 23.0. The van der Waals surface area contributed by atoms with Crippen LogP contribution in [0.1, 0.15) is 60.3 Å². The van der Waals surface area contributed by atoms with Gasteiger partial charge in [0.25, 0.3) is 0 Å². The van der Waals surface area contributed by atoms with E-state index in [0.29, 0.717) is 48.9 Å². The molecular formula is C30H44ClNO5. The van der Waals surface area contributed by atoms with E-state index in [0.717, 1.165) is 31.1 Å². The summed E-state index contributed by atoms with van der Waals surface area (Å²) < 4.78 is 12.8. The Labute approximate surface area is 226 Å². The molecule has 4 aliphatic carbocycles. The number of aldehydes is 1. The number of hydrogen-bond acceptors (Lipinski definition) is 5. The van der Waals surface area contributed by atoms with Crippen molar-refractivity contribution in [3.05, 3.63) is 23.3 Å². The van der Waals surface area contributed by atoms with Crippen LogP contribution in [0.5, 0.6) is 0 Å². The van der Waals surface area contributed by atoms with Crippen LogP contribution in [0.2, 0.25) is 0 Å². The predicted molar refractivity (Wildman–Crippen MR) is 143 cm³/mol. The molecule has 0 aromatic rings. The summed E-state index contributed by atoms with van der Waals surface area (Å²) in [7, 11) is 0. The second kappa shape index (κ2) is 9.46. The average molecular weight is 534 g/mol. The maximum absolute atomic E-state index is 13.6. The maximum atomic E-state index is 13.6. The SMILES string of the molecule is C=C(Cl)CN1C[C@H](OCC23C[C@@H]4[C@H](C)CC[C@H]4C4(C=O)CC2C=C(C(C)C)[C@@]34C(=O)O)OC[C@H]1C(C)C. The molecule has 6 nitrogen and oxygen atoms in total. The van der Waals surface area contributed by atoms with Crippen molar-refractivity contribution in [1.82, 2.24) is 4.90 Å². The van der Waals surface area contributed by atoms with Gasteiger partial charge in [0.1, 0.15) is 11.7 Å². The highest BCUT2D eigenvalue weighted by molar-refractivity contribution is 6.29. The summed E-state index contributed by atoms with van der Waals surface area (Å²) in [4.78, 5) is 29.0. The molecule has 206 valence electrons. The van der Waals surface area contributed by atoms with Gasteiger partial charge in [-0.05, 0) is 54.8 Å². The number of carboxylic acid groups (broad SMARTS) is 1. The monoisotopic (exact) mass is 533 g/mol.